The summed E-state index contributed by atoms with van der Waals surface area (Å²) in [7, 11) is 0. The van der Waals surface area contributed by atoms with Crippen molar-refractivity contribution in [2.45, 2.75) is 0 Å². The first-order chi connectivity index (χ1) is 6.77. The molecule has 14 heavy (non-hydrogen) atoms. The summed E-state index contributed by atoms with van der Waals surface area (Å²) < 4.78 is 4.56. The minimum Gasteiger partial charge on any atom is -0.386 e. The second-order valence-electron chi connectivity index (χ2n) is 3.11. The fourth-order valence-electron chi connectivity index (χ4n) is 1.71. The molecule has 2 aromatic rings. The molecular formula is C10H5NO3. The van der Waals surface area contributed by atoms with Gasteiger partial charge in [-0.2, -0.15) is 0 Å². The maximum atomic E-state index is 11.3. The van der Waals surface area contributed by atoms with E-state index in [1.807, 2.05) is 6.07 Å². The van der Waals surface area contributed by atoms with Gasteiger partial charge in [-0.1, -0.05) is 6.07 Å². The van der Waals surface area contributed by atoms with Gasteiger partial charge in [0.1, 0.15) is 0 Å². The normalized spacial score (nSPS) is 14.6. The van der Waals surface area contributed by atoms with E-state index in [1.54, 1.807) is 18.3 Å². The number of carbonyl (C=O) groups excluding carboxylic acids is 2. The van der Waals surface area contributed by atoms with E-state index in [0.717, 1.165) is 5.52 Å². The highest BCUT2D eigenvalue weighted by Crippen LogP contribution is 2.27. The Bertz CT molecular complexity index is 568. The van der Waals surface area contributed by atoms with Crippen LogP contribution in [-0.2, 0) is 4.74 Å². The third-order valence-corrected chi connectivity index (χ3v) is 2.33. The van der Waals surface area contributed by atoms with E-state index in [2.05, 4.69) is 9.72 Å². The Labute approximate surface area is 78.5 Å². The molecule has 0 atom stereocenters. The van der Waals surface area contributed by atoms with Crippen molar-refractivity contribution in [1.29, 1.82) is 0 Å². The molecule has 2 heterocycles. The van der Waals surface area contributed by atoms with Gasteiger partial charge in [0.15, 0.2) is 0 Å². The number of rotatable bonds is 0. The predicted molar refractivity (Wildman–Crippen MR) is 48.0 cm³/mol. The van der Waals surface area contributed by atoms with Gasteiger partial charge in [-0.15, -0.1) is 0 Å². The van der Waals surface area contributed by atoms with Gasteiger partial charge in [-0.25, -0.2) is 9.59 Å². The molecule has 4 nitrogen and oxygen atoms in total. The average Bonchev–Trinajstić information content (AvgIpc) is 2.59. The van der Waals surface area contributed by atoms with Crippen LogP contribution in [0.1, 0.15) is 20.7 Å². The Kier molecular flexibility index (Phi) is 1.16. The monoisotopic (exact) mass is 187 g/mol. The molecule has 0 aliphatic carbocycles. The second-order valence-corrected chi connectivity index (χ2v) is 3.11. The zero-order valence-electron chi connectivity index (χ0n) is 7.03. The van der Waals surface area contributed by atoms with Crippen molar-refractivity contribution in [3.8, 4) is 0 Å². The Morgan fingerprint density at radius 2 is 1.86 bits per heavy atom. The summed E-state index contributed by atoms with van der Waals surface area (Å²) >= 11 is 0. The SMILES string of the molecule is O=C1OC(=O)c2c[nH]c3cccc1c23. The highest BCUT2D eigenvalue weighted by Gasteiger charge is 2.27. The number of H-pyrrole nitrogens is 1. The van der Waals surface area contributed by atoms with Crippen molar-refractivity contribution >= 4 is 22.8 Å². The van der Waals surface area contributed by atoms with Crippen LogP contribution in [0.2, 0.25) is 0 Å². The molecule has 1 aromatic heterocycles. The van der Waals surface area contributed by atoms with E-state index in [-0.39, 0.29) is 0 Å². The molecule has 0 fully saturated rings. The molecule has 1 aliphatic rings. The molecule has 0 radical (unpaired) electrons. The first-order valence-corrected chi connectivity index (χ1v) is 4.14. The fourth-order valence-corrected chi connectivity index (χ4v) is 1.71. The van der Waals surface area contributed by atoms with Gasteiger partial charge in [0.05, 0.1) is 11.1 Å². The Hall–Kier alpha value is -2.10. The summed E-state index contributed by atoms with van der Waals surface area (Å²) in [4.78, 5) is 25.5. The number of aromatic amines is 1. The lowest BCUT2D eigenvalue weighted by molar-refractivity contribution is 0.0391. The van der Waals surface area contributed by atoms with Gasteiger partial charge in [0, 0.05) is 17.1 Å². The Morgan fingerprint density at radius 1 is 1.07 bits per heavy atom. The maximum Gasteiger partial charge on any atom is 0.348 e. The zero-order valence-corrected chi connectivity index (χ0v) is 7.03. The molecule has 0 amide bonds. The van der Waals surface area contributed by atoms with Crippen LogP contribution in [0.4, 0.5) is 0 Å². The standard InChI is InChI=1S/C10H5NO3/c12-9-5-2-1-3-7-8(5)6(4-11-7)10(13)14-9/h1-4,11H. The summed E-state index contributed by atoms with van der Waals surface area (Å²) in [6.45, 7) is 0. The van der Waals surface area contributed by atoms with Crippen LogP contribution in [0.5, 0.6) is 0 Å². The number of benzene rings is 1. The molecule has 1 aliphatic heterocycles. The summed E-state index contributed by atoms with van der Waals surface area (Å²) in [6.07, 6.45) is 1.56. The van der Waals surface area contributed by atoms with E-state index in [0.29, 0.717) is 16.5 Å². The minimum absolute atomic E-state index is 0.426. The van der Waals surface area contributed by atoms with Gasteiger partial charge < -0.3 is 9.72 Å². The molecule has 0 spiro atoms. The number of cyclic esters (lactones) is 2. The van der Waals surface area contributed by atoms with Crippen LogP contribution in [0.3, 0.4) is 0 Å². The van der Waals surface area contributed by atoms with Crippen molar-refractivity contribution in [2.75, 3.05) is 0 Å². The number of hydrogen-bond donors (Lipinski definition) is 1. The van der Waals surface area contributed by atoms with Gasteiger partial charge in [-0.3, -0.25) is 0 Å². The van der Waals surface area contributed by atoms with Crippen LogP contribution in [-0.4, -0.2) is 16.9 Å². The van der Waals surface area contributed by atoms with Crippen molar-refractivity contribution in [3.05, 3.63) is 35.5 Å². The number of hydrogen-bond acceptors (Lipinski definition) is 3. The van der Waals surface area contributed by atoms with E-state index in [9.17, 15) is 9.59 Å². The third kappa shape index (κ3) is 0.724. The molecule has 0 unspecified atom stereocenters. The van der Waals surface area contributed by atoms with Gasteiger partial charge in [0.2, 0.25) is 0 Å². The lowest BCUT2D eigenvalue weighted by Crippen LogP contribution is -2.17. The number of nitrogens with one attached hydrogen (secondary N) is 1. The predicted octanol–water partition coefficient (Wildman–Crippen LogP) is 1.48. The zero-order chi connectivity index (χ0) is 9.71. The maximum absolute atomic E-state index is 11.3. The average molecular weight is 187 g/mol. The van der Waals surface area contributed by atoms with Crippen LogP contribution < -0.4 is 0 Å². The highest BCUT2D eigenvalue weighted by atomic mass is 16.6. The molecule has 68 valence electrons. The molecule has 1 aromatic carbocycles. The molecule has 0 bridgehead atoms. The van der Waals surface area contributed by atoms with E-state index in [4.69, 9.17) is 0 Å². The van der Waals surface area contributed by atoms with E-state index in [1.165, 1.54) is 0 Å². The molecule has 0 saturated carbocycles. The largest absolute Gasteiger partial charge is 0.386 e. The summed E-state index contributed by atoms with van der Waals surface area (Å²) in [5.41, 5.74) is 1.65. The Balaban J connectivity index is 2.55. The topological polar surface area (TPSA) is 59.2 Å². The molecule has 4 heteroatoms. The van der Waals surface area contributed by atoms with Crippen molar-refractivity contribution in [3.63, 3.8) is 0 Å². The summed E-state index contributed by atoms with van der Waals surface area (Å²) in [5.74, 6) is -1.16. The number of esters is 2. The molecule has 3 rings (SSSR count). The second kappa shape index (κ2) is 2.23. The van der Waals surface area contributed by atoms with Gasteiger partial charge in [-0.05, 0) is 12.1 Å². The molecule has 0 saturated heterocycles. The quantitative estimate of drug-likeness (QED) is 0.502. The van der Waals surface area contributed by atoms with Crippen LogP contribution in [0.25, 0.3) is 10.9 Å². The number of ether oxygens (including phenoxy) is 1. The fraction of sp³-hybridized carbons (Fsp3) is 0. The van der Waals surface area contributed by atoms with E-state index >= 15 is 0 Å². The van der Waals surface area contributed by atoms with Crippen molar-refractivity contribution in [1.82, 2.24) is 4.98 Å². The minimum atomic E-state index is -0.583. The first kappa shape index (κ1) is 7.32. The molecular weight excluding hydrogens is 182 g/mol. The highest BCUT2D eigenvalue weighted by molar-refractivity contribution is 6.20. The van der Waals surface area contributed by atoms with Crippen LogP contribution in [0.15, 0.2) is 24.4 Å². The number of aromatic nitrogens is 1. The van der Waals surface area contributed by atoms with Gasteiger partial charge in [0.25, 0.3) is 0 Å². The lowest BCUT2D eigenvalue weighted by atomic mass is 10.0. The number of carbonyl (C=O) groups is 2. The van der Waals surface area contributed by atoms with Gasteiger partial charge >= 0.3 is 11.9 Å². The van der Waals surface area contributed by atoms with Crippen LogP contribution in [0, 0.1) is 0 Å². The smallest absolute Gasteiger partial charge is 0.348 e. The van der Waals surface area contributed by atoms with Crippen molar-refractivity contribution < 1.29 is 14.3 Å². The summed E-state index contributed by atoms with van der Waals surface area (Å²) in [5, 5.41) is 0.661. The van der Waals surface area contributed by atoms with Crippen LogP contribution >= 0.6 is 0 Å². The molecule has 1 N–H and O–H groups in total. The lowest BCUT2D eigenvalue weighted by Gasteiger charge is -2.09. The third-order valence-electron chi connectivity index (χ3n) is 2.33. The summed E-state index contributed by atoms with van der Waals surface area (Å²) in [6, 6.07) is 5.21. The van der Waals surface area contributed by atoms with E-state index < -0.39 is 11.9 Å². The Morgan fingerprint density at radius 3 is 2.71 bits per heavy atom. The first-order valence-electron chi connectivity index (χ1n) is 4.14. The van der Waals surface area contributed by atoms with Crippen molar-refractivity contribution in [2.24, 2.45) is 0 Å².